The van der Waals surface area contributed by atoms with Gasteiger partial charge in [0.1, 0.15) is 0 Å². The van der Waals surface area contributed by atoms with Crippen LogP contribution < -0.4 is 0 Å². The van der Waals surface area contributed by atoms with Crippen molar-refractivity contribution in [2.24, 2.45) is 17.8 Å². The van der Waals surface area contributed by atoms with Crippen molar-refractivity contribution >= 4 is 5.97 Å². The first-order chi connectivity index (χ1) is 8.47. The van der Waals surface area contributed by atoms with Crippen LogP contribution >= 0.6 is 0 Å². The van der Waals surface area contributed by atoms with Gasteiger partial charge in [0.2, 0.25) is 0 Å². The highest BCUT2D eigenvalue weighted by Gasteiger charge is 2.32. The largest absolute Gasteiger partial charge is 0.481 e. The molecule has 0 bridgehead atoms. The maximum atomic E-state index is 11.0. The number of carboxylic acids is 1. The summed E-state index contributed by atoms with van der Waals surface area (Å²) in [5.41, 5.74) is 0. The topological polar surface area (TPSA) is 40.5 Å². The highest BCUT2D eigenvalue weighted by atomic mass is 16.4. The summed E-state index contributed by atoms with van der Waals surface area (Å²) in [5.74, 6) is 0.495. The average Bonchev–Trinajstić information content (AvgIpc) is 2.35. The molecule has 3 nitrogen and oxygen atoms in total. The molecule has 1 aliphatic rings. The molecule has 3 atom stereocenters. The Morgan fingerprint density at radius 3 is 2.39 bits per heavy atom. The van der Waals surface area contributed by atoms with E-state index >= 15 is 0 Å². The molecule has 1 aliphatic carbocycles. The van der Waals surface area contributed by atoms with Crippen molar-refractivity contribution in [2.45, 2.75) is 59.4 Å². The summed E-state index contributed by atoms with van der Waals surface area (Å²) in [5, 5.41) is 9.07. The number of aliphatic carboxylic acids is 1. The SMILES string of the molecule is CCN(CC(C)C(=O)O)C1CCCCC1C(C)C. The third-order valence-corrected chi connectivity index (χ3v) is 4.44. The molecule has 106 valence electrons. The van der Waals surface area contributed by atoms with Crippen molar-refractivity contribution in [1.29, 1.82) is 0 Å². The van der Waals surface area contributed by atoms with E-state index in [1.54, 1.807) is 0 Å². The van der Waals surface area contributed by atoms with Crippen molar-refractivity contribution in [1.82, 2.24) is 4.90 Å². The number of carbonyl (C=O) groups is 1. The Morgan fingerprint density at radius 2 is 1.89 bits per heavy atom. The van der Waals surface area contributed by atoms with Crippen LogP contribution in [0.2, 0.25) is 0 Å². The van der Waals surface area contributed by atoms with Gasteiger partial charge in [-0.3, -0.25) is 9.69 Å². The number of carboxylic acid groups (broad SMARTS) is 1. The summed E-state index contributed by atoms with van der Waals surface area (Å²) < 4.78 is 0. The second kappa shape index (κ2) is 7.13. The van der Waals surface area contributed by atoms with Gasteiger partial charge in [0.25, 0.3) is 0 Å². The Bertz CT molecular complexity index is 265. The van der Waals surface area contributed by atoms with E-state index in [0.717, 1.165) is 12.5 Å². The second-order valence-corrected chi connectivity index (χ2v) is 6.09. The Labute approximate surface area is 112 Å². The number of hydrogen-bond acceptors (Lipinski definition) is 2. The summed E-state index contributed by atoms with van der Waals surface area (Å²) in [6, 6.07) is 0.588. The van der Waals surface area contributed by atoms with Crippen LogP contribution in [0.15, 0.2) is 0 Å². The molecule has 0 heterocycles. The minimum Gasteiger partial charge on any atom is -0.481 e. The Morgan fingerprint density at radius 1 is 1.28 bits per heavy atom. The lowest BCUT2D eigenvalue weighted by molar-refractivity contribution is -0.142. The zero-order valence-electron chi connectivity index (χ0n) is 12.4. The van der Waals surface area contributed by atoms with Crippen LogP contribution in [0.25, 0.3) is 0 Å². The quantitative estimate of drug-likeness (QED) is 0.792. The van der Waals surface area contributed by atoms with Crippen molar-refractivity contribution in [2.75, 3.05) is 13.1 Å². The van der Waals surface area contributed by atoms with E-state index in [9.17, 15) is 4.79 Å². The monoisotopic (exact) mass is 255 g/mol. The molecule has 1 saturated carbocycles. The van der Waals surface area contributed by atoms with Gasteiger partial charge in [-0.2, -0.15) is 0 Å². The molecule has 1 N–H and O–H groups in total. The molecule has 0 aromatic rings. The fourth-order valence-corrected chi connectivity index (χ4v) is 3.30. The summed E-state index contributed by atoms with van der Waals surface area (Å²) in [6.07, 6.45) is 5.18. The first-order valence-electron chi connectivity index (χ1n) is 7.44. The van der Waals surface area contributed by atoms with E-state index in [-0.39, 0.29) is 5.92 Å². The predicted octanol–water partition coefficient (Wildman–Crippen LogP) is 3.24. The second-order valence-electron chi connectivity index (χ2n) is 6.09. The van der Waals surface area contributed by atoms with E-state index in [0.29, 0.717) is 18.5 Å². The zero-order valence-corrected chi connectivity index (χ0v) is 12.4. The van der Waals surface area contributed by atoms with Gasteiger partial charge in [0.15, 0.2) is 0 Å². The Balaban J connectivity index is 2.69. The Hall–Kier alpha value is -0.570. The summed E-state index contributed by atoms with van der Waals surface area (Å²) in [4.78, 5) is 13.4. The first-order valence-corrected chi connectivity index (χ1v) is 7.44. The minimum absolute atomic E-state index is 0.264. The van der Waals surface area contributed by atoms with E-state index < -0.39 is 5.97 Å². The molecule has 1 rings (SSSR count). The third-order valence-electron chi connectivity index (χ3n) is 4.44. The first kappa shape index (κ1) is 15.5. The predicted molar refractivity (Wildman–Crippen MR) is 74.6 cm³/mol. The summed E-state index contributed by atoms with van der Waals surface area (Å²) in [7, 11) is 0. The molecule has 0 aromatic carbocycles. The highest BCUT2D eigenvalue weighted by molar-refractivity contribution is 5.69. The molecular formula is C15H29NO2. The molecule has 18 heavy (non-hydrogen) atoms. The van der Waals surface area contributed by atoms with Crippen LogP contribution in [0.5, 0.6) is 0 Å². The van der Waals surface area contributed by atoms with Gasteiger partial charge in [0, 0.05) is 12.6 Å². The lowest BCUT2D eigenvalue weighted by Crippen LogP contribution is -2.46. The average molecular weight is 255 g/mol. The fourth-order valence-electron chi connectivity index (χ4n) is 3.30. The molecule has 0 saturated heterocycles. The van der Waals surface area contributed by atoms with E-state index in [4.69, 9.17) is 5.11 Å². The smallest absolute Gasteiger partial charge is 0.307 e. The lowest BCUT2D eigenvalue weighted by Gasteiger charge is -2.42. The Kier molecular flexibility index (Phi) is 6.13. The normalized spacial score (nSPS) is 26.6. The third kappa shape index (κ3) is 3.98. The summed E-state index contributed by atoms with van der Waals surface area (Å²) >= 11 is 0. The van der Waals surface area contributed by atoms with E-state index in [1.165, 1.54) is 25.7 Å². The van der Waals surface area contributed by atoms with Gasteiger partial charge in [-0.15, -0.1) is 0 Å². The van der Waals surface area contributed by atoms with Crippen molar-refractivity contribution < 1.29 is 9.90 Å². The van der Waals surface area contributed by atoms with Gasteiger partial charge in [-0.25, -0.2) is 0 Å². The van der Waals surface area contributed by atoms with Crippen LogP contribution in [0.4, 0.5) is 0 Å². The molecular weight excluding hydrogens is 226 g/mol. The minimum atomic E-state index is -0.676. The molecule has 0 amide bonds. The van der Waals surface area contributed by atoms with Gasteiger partial charge in [-0.1, -0.05) is 40.5 Å². The van der Waals surface area contributed by atoms with E-state index in [2.05, 4.69) is 25.7 Å². The maximum Gasteiger partial charge on any atom is 0.307 e. The number of nitrogens with zero attached hydrogens (tertiary/aromatic N) is 1. The lowest BCUT2D eigenvalue weighted by atomic mass is 9.77. The molecule has 0 aromatic heterocycles. The zero-order chi connectivity index (χ0) is 13.7. The van der Waals surface area contributed by atoms with E-state index in [1.807, 2.05) is 6.92 Å². The van der Waals surface area contributed by atoms with Gasteiger partial charge in [-0.05, 0) is 31.2 Å². The van der Waals surface area contributed by atoms with Gasteiger partial charge >= 0.3 is 5.97 Å². The highest BCUT2D eigenvalue weighted by Crippen LogP contribution is 2.33. The van der Waals surface area contributed by atoms with Crippen LogP contribution in [-0.4, -0.2) is 35.1 Å². The molecule has 0 spiro atoms. The van der Waals surface area contributed by atoms with Crippen molar-refractivity contribution in [3.8, 4) is 0 Å². The van der Waals surface area contributed by atoms with Gasteiger partial charge in [0.05, 0.1) is 5.92 Å². The molecule has 3 unspecified atom stereocenters. The molecule has 3 heteroatoms. The molecule has 0 aliphatic heterocycles. The van der Waals surface area contributed by atoms with Crippen LogP contribution in [0.3, 0.4) is 0 Å². The van der Waals surface area contributed by atoms with Crippen LogP contribution in [0.1, 0.15) is 53.4 Å². The van der Waals surface area contributed by atoms with Crippen molar-refractivity contribution in [3.63, 3.8) is 0 Å². The molecule has 1 fully saturated rings. The maximum absolute atomic E-state index is 11.0. The number of rotatable bonds is 6. The standard InChI is InChI=1S/C15H29NO2/c1-5-16(10-12(4)15(17)18)14-9-7-6-8-13(14)11(2)3/h11-14H,5-10H2,1-4H3,(H,17,18). The fraction of sp³-hybridized carbons (Fsp3) is 0.933. The van der Waals surface area contributed by atoms with Gasteiger partial charge < -0.3 is 5.11 Å². The van der Waals surface area contributed by atoms with Crippen LogP contribution in [-0.2, 0) is 4.79 Å². The van der Waals surface area contributed by atoms with Crippen molar-refractivity contribution in [3.05, 3.63) is 0 Å². The molecule has 0 radical (unpaired) electrons. The number of hydrogen-bond donors (Lipinski definition) is 1. The van der Waals surface area contributed by atoms with Crippen LogP contribution in [0, 0.1) is 17.8 Å². The summed E-state index contributed by atoms with van der Waals surface area (Å²) in [6.45, 7) is 10.2.